The third-order valence-corrected chi connectivity index (χ3v) is 3.72. The summed E-state index contributed by atoms with van der Waals surface area (Å²) in [6, 6.07) is 5.56. The maximum atomic E-state index is 12.8. The Hall–Kier alpha value is -1.69. The third-order valence-electron chi connectivity index (χ3n) is 2.46. The van der Waals surface area contributed by atoms with Gasteiger partial charge in [-0.1, -0.05) is 0 Å². The number of hydrogen-bond acceptors (Lipinski definition) is 3. The van der Waals surface area contributed by atoms with Gasteiger partial charge in [0.2, 0.25) is 0 Å². The number of nitrogens with zero attached hydrogens (tertiary/aromatic N) is 2. The summed E-state index contributed by atoms with van der Waals surface area (Å²) < 4.78 is 24.7. The molecule has 0 aromatic heterocycles. The first-order valence-corrected chi connectivity index (χ1v) is 6.65. The maximum absolute atomic E-state index is 12.8. The molecule has 4 nitrogen and oxygen atoms in total. The van der Waals surface area contributed by atoms with Crippen molar-refractivity contribution in [3.05, 3.63) is 41.2 Å². The van der Waals surface area contributed by atoms with Crippen molar-refractivity contribution in [2.75, 3.05) is 24.9 Å². The fourth-order valence-corrected chi connectivity index (χ4v) is 2.91. The SMILES string of the molecule is CN(C)/C=C1\C(=O)N(c2ccc(F)cc2)C[S@]1=O. The molecule has 18 heavy (non-hydrogen) atoms. The molecule has 1 aromatic rings. The summed E-state index contributed by atoms with van der Waals surface area (Å²) in [5, 5.41) is 0. The Kier molecular flexibility index (Phi) is 3.47. The second-order valence-electron chi connectivity index (χ2n) is 4.14. The lowest BCUT2D eigenvalue weighted by Crippen LogP contribution is -2.24. The van der Waals surface area contributed by atoms with Crippen molar-refractivity contribution < 1.29 is 13.4 Å². The number of anilines is 1. The molecular formula is C12H13FN2O2S. The van der Waals surface area contributed by atoms with Crippen molar-refractivity contribution in [2.24, 2.45) is 0 Å². The van der Waals surface area contributed by atoms with E-state index in [0.29, 0.717) is 5.69 Å². The van der Waals surface area contributed by atoms with Crippen LogP contribution in [0, 0.1) is 5.82 Å². The summed E-state index contributed by atoms with van der Waals surface area (Å²) in [4.78, 5) is 15.4. The zero-order valence-electron chi connectivity index (χ0n) is 10.1. The molecule has 0 bridgehead atoms. The summed E-state index contributed by atoms with van der Waals surface area (Å²) in [7, 11) is 2.18. The van der Waals surface area contributed by atoms with Gasteiger partial charge < -0.3 is 4.90 Å². The van der Waals surface area contributed by atoms with Crippen LogP contribution in [0.3, 0.4) is 0 Å². The predicted octanol–water partition coefficient (Wildman–Crippen LogP) is 1.28. The number of halogens is 1. The highest BCUT2D eigenvalue weighted by Crippen LogP contribution is 2.25. The molecule has 1 atom stereocenters. The van der Waals surface area contributed by atoms with Gasteiger partial charge >= 0.3 is 0 Å². The van der Waals surface area contributed by atoms with E-state index in [1.807, 2.05) is 0 Å². The second-order valence-corrected chi connectivity index (χ2v) is 5.53. The molecule has 0 N–H and O–H groups in total. The molecule has 1 aromatic carbocycles. The molecule has 1 fully saturated rings. The molecule has 1 amide bonds. The minimum Gasteiger partial charge on any atom is -0.382 e. The number of benzene rings is 1. The van der Waals surface area contributed by atoms with Crippen LogP contribution in [-0.2, 0) is 15.6 Å². The Morgan fingerprint density at radius 1 is 1.33 bits per heavy atom. The normalized spacial score (nSPS) is 21.7. The first-order valence-electron chi connectivity index (χ1n) is 5.33. The molecule has 1 heterocycles. The highest BCUT2D eigenvalue weighted by molar-refractivity contribution is 7.90. The zero-order chi connectivity index (χ0) is 13.3. The summed E-state index contributed by atoms with van der Waals surface area (Å²) in [6.45, 7) is 0. The summed E-state index contributed by atoms with van der Waals surface area (Å²) >= 11 is 0. The Morgan fingerprint density at radius 2 is 1.94 bits per heavy atom. The van der Waals surface area contributed by atoms with Crippen LogP contribution < -0.4 is 4.90 Å². The average molecular weight is 268 g/mol. The Labute approximate surface area is 107 Å². The monoisotopic (exact) mass is 268 g/mol. The number of carbonyl (C=O) groups is 1. The molecule has 0 saturated carbocycles. The predicted molar refractivity (Wildman–Crippen MR) is 68.7 cm³/mol. The molecule has 0 radical (unpaired) electrons. The standard InChI is InChI=1S/C12H13FN2O2S/c1-14(2)7-11-12(16)15(8-18(11)17)10-5-3-9(13)4-6-10/h3-7H,8H2,1-2H3/b11-7+/t18-/m1/s1. The van der Waals surface area contributed by atoms with Gasteiger partial charge in [0.25, 0.3) is 5.91 Å². The number of rotatable bonds is 2. The summed E-state index contributed by atoms with van der Waals surface area (Å²) in [5.74, 6) is -0.548. The van der Waals surface area contributed by atoms with E-state index in [9.17, 15) is 13.4 Å². The van der Waals surface area contributed by atoms with Gasteiger partial charge in [0.1, 0.15) is 16.6 Å². The van der Waals surface area contributed by atoms with E-state index in [0.717, 1.165) is 0 Å². The molecule has 2 rings (SSSR count). The lowest BCUT2D eigenvalue weighted by Gasteiger charge is -2.13. The smallest absolute Gasteiger partial charge is 0.269 e. The Morgan fingerprint density at radius 3 is 2.50 bits per heavy atom. The lowest BCUT2D eigenvalue weighted by atomic mass is 10.3. The highest BCUT2D eigenvalue weighted by atomic mass is 32.2. The summed E-state index contributed by atoms with van der Waals surface area (Å²) in [6.07, 6.45) is 1.56. The first kappa shape index (κ1) is 12.8. The maximum Gasteiger partial charge on any atom is 0.269 e. The fraction of sp³-hybridized carbons (Fsp3) is 0.250. The topological polar surface area (TPSA) is 40.6 Å². The van der Waals surface area contributed by atoms with E-state index in [1.165, 1.54) is 29.2 Å². The molecule has 0 aliphatic carbocycles. The fourth-order valence-electron chi connectivity index (χ4n) is 1.64. The van der Waals surface area contributed by atoms with Crippen molar-refractivity contribution in [1.82, 2.24) is 4.90 Å². The van der Waals surface area contributed by atoms with Crippen molar-refractivity contribution in [2.45, 2.75) is 0 Å². The van der Waals surface area contributed by atoms with Gasteiger partial charge in [-0.3, -0.25) is 13.9 Å². The van der Waals surface area contributed by atoms with Crippen LogP contribution >= 0.6 is 0 Å². The first-order chi connectivity index (χ1) is 8.49. The van der Waals surface area contributed by atoms with E-state index in [1.54, 1.807) is 25.2 Å². The Balaban J connectivity index is 2.31. The number of carbonyl (C=O) groups excluding carboxylic acids is 1. The molecule has 0 spiro atoms. The minimum atomic E-state index is -1.35. The zero-order valence-corrected chi connectivity index (χ0v) is 10.9. The molecular weight excluding hydrogens is 255 g/mol. The van der Waals surface area contributed by atoms with Gasteiger partial charge in [-0.15, -0.1) is 0 Å². The van der Waals surface area contributed by atoms with Gasteiger partial charge in [0.15, 0.2) is 0 Å². The van der Waals surface area contributed by atoms with Crippen LogP contribution in [0.15, 0.2) is 35.4 Å². The van der Waals surface area contributed by atoms with Crippen LogP contribution in [0.4, 0.5) is 10.1 Å². The van der Waals surface area contributed by atoms with Crippen molar-refractivity contribution in [1.29, 1.82) is 0 Å². The van der Waals surface area contributed by atoms with Crippen molar-refractivity contribution >= 4 is 22.4 Å². The number of hydrogen-bond donors (Lipinski definition) is 0. The van der Waals surface area contributed by atoms with E-state index in [-0.39, 0.29) is 22.5 Å². The van der Waals surface area contributed by atoms with Crippen LogP contribution in [0.1, 0.15) is 0 Å². The number of amides is 1. The second kappa shape index (κ2) is 4.89. The molecule has 0 unspecified atom stereocenters. The van der Waals surface area contributed by atoms with E-state index >= 15 is 0 Å². The molecule has 1 aliphatic rings. The average Bonchev–Trinajstić information content (AvgIpc) is 2.58. The minimum absolute atomic E-state index is 0.115. The van der Waals surface area contributed by atoms with E-state index in [2.05, 4.69) is 0 Å². The van der Waals surface area contributed by atoms with E-state index in [4.69, 9.17) is 0 Å². The van der Waals surface area contributed by atoms with Gasteiger partial charge in [0, 0.05) is 26.0 Å². The van der Waals surface area contributed by atoms with Crippen LogP contribution in [-0.4, -0.2) is 35.0 Å². The molecule has 1 aliphatic heterocycles. The molecule has 96 valence electrons. The van der Waals surface area contributed by atoms with Crippen molar-refractivity contribution in [3.8, 4) is 0 Å². The molecule has 6 heteroatoms. The molecule has 1 saturated heterocycles. The Bertz CT molecular complexity index is 525. The van der Waals surface area contributed by atoms with Crippen LogP contribution in [0.2, 0.25) is 0 Å². The lowest BCUT2D eigenvalue weighted by molar-refractivity contribution is -0.114. The van der Waals surface area contributed by atoms with Gasteiger partial charge in [0.05, 0.1) is 10.8 Å². The quantitative estimate of drug-likeness (QED) is 0.759. The van der Waals surface area contributed by atoms with Crippen LogP contribution in [0.5, 0.6) is 0 Å². The van der Waals surface area contributed by atoms with Gasteiger partial charge in [-0.05, 0) is 24.3 Å². The summed E-state index contributed by atoms with van der Waals surface area (Å²) in [5.41, 5.74) is 0.553. The van der Waals surface area contributed by atoms with Gasteiger partial charge in [-0.25, -0.2) is 4.39 Å². The van der Waals surface area contributed by atoms with Gasteiger partial charge in [-0.2, -0.15) is 0 Å². The van der Waals surface area contributed by atoms with Crippen LogP contribution in [0.25, 0.3) is 0 Å². The third kappa shape index (κ3) is 2.43. The van der Waals surface area contributed by atoms with E-state index < -0.39 is 10.8 Å². The van der Waals surface area contributed by atoms with Crippen molar-refractivity contribution in [3.63, 3.8) is 0 Å². The largest absolute Gasteiger partial charge is 0.382 e. The highest BCUT2D eigenvalue weighted by Gasteiger charge is 2.33.